The Morgan fingerprint density at radius 3 is 2.67 bits per heavy atom. The molecule has 1 aromatic heterocycles. The second-order valence-corrected chi connectivity index (χ2v) is 5.45. The molecule has 18 heavy (non-hydrogen) atoms. The molecule has 0 aliphatic rings. The Balaban J connectivity index is 2.15. The summed E-state index contributed by atoms with van der Waals surface area (Å²) in [5.74, 6) is 1.72. The highest BCUT2D eigenvalue weighted by molar-refractivity contribution is 5.76. The third-order valence-corrected chi connectivity index (χ3v) is 3.80. The van der Waals surface area contributed by atoms with E-state index in [-0.39, 0.29) is 0 Å². The first-order chi connectivity index (χ1) is 8.49. The van der Waals surface area contributed by atoms with Gasteiger partial charge in [0, 0.05) is 19.6 Å². The Bertz CT molecular complexity index is 540. The number of nitrogens with one attached hydrogen (secondary N) is 1. The lowest BCUT2D eigenvalue weighted by molar-refractivity contribution is 0.426. The van der Waals surface area contributed by atoms with Crippen LogP contribution in [0.25, 0.3) is 11.0 Å². The fourth-order valence-electron chi connectivity index (χ4n) is 1.99. The van der Waals surface area contributed by atoms with Crippen LogP contribution in [0.5, 0.6) is 0 Å². The van der Waals surface area contributed by atoms with E-state index in [1.54, 1.807) is 0 Å². The normalized spacial score (nSPS) is 13.4. The molecule has 1 N–H and O–H groups in total. The van der Waals surface area contributed by atoms with Gasteiger partial charge in [0.15, 0.2) is 0 Å². The van der Waals surface area contributed by atoms with E-state index in [1.165, 1.54) is 11.1 Å². The third-order valence-electron chi connectivity index (χ3n) is 3.80. The molecule has 0 aliphatic heterocycles. The first kappa shape index (κ1) is 13.1. The molecule has 1 heterocycles. The minimum atomic E-state index is 0.533. The standard InChI is InChI=1S/C15H23N3/c1-10(2)11(3)16-9-13-6-7-15-14(8-13)17-12(4)18(15)5/h6-8,10-11,16H,9H2,1-5H3/t11-/m1/s1. The highest BCUT2D eigenvalue weighted by Crippen LogP contribution is 2.16. The summed E-state index contributed by atoms with van der Waals surface area (Å²) < 4.78 is 2.13. The predicted molar refractivity (Wildman–Crippen MR) is 76.6 cm³/mol. The number of rotatable bonds is 4. The van der Waals surface area contributed by atoms with Gasteiger partial charge in [-0.25, -0.2) is 4.98 Å². The van der Waals surface area contributed by atoms with Gasteiger partial charge in [-0.15, -0.1) is 0 Å². The Hall–Kier alpha value is -1.35. The van der Waals surface area contributed by atoms with Gasteiger partial charge in [-0.3, -0.25) is 0 Å². The van der Waals surface area contributed by atoms with Crippen molar-refractivity contribution >= 4 is 11.0 Å². The van der Waals surface area contributed by atoms with Crippen molar-refractivity contribution in [1.29, 1.82) is 0 Å². The van der Waals surface area contributed by atoms with Gasteiger partial charge in [-0.05, 0) is 37.5 Å². The average Bonchev–Trinajstić information content (AvgIpc) is 2.61. The summed E-state index contributed by atoms with van der Waals surface area (Å²) in [6.45, 7) is 9.66. The Morgan fingerprint density at radius 2 is 2.00 bits per heavy atom. The highest BCUT2D eigenvalue weighted by Gasteiger charge is 2.08. The Kier molecular flexibility index (Phi) is 3.71. The first-order valence-electron chi connectivity index (χ1n) is 6.64. The Labute approximate surface area is 109 Å². The van der Waals surface area contributed by atoms with Crippen LogP contribution in [0.3, 0.4) is 0 Å². The molecule has 3 heteroatoms. The number of aromatic nitrogens is 2. The molecule has 1 atom stereocenters. The number of imidazole rings is 1. The molecule has 0 unspecified atom stereocenters. The fraction of sp³-hybridized carbons (Fsp3) is 0.533. The quantitative estimate of drug-likeness (QED) is 0.897. The summed E-state index contributed by atoms with van der Waals surface area (Å²) in [6.07, 6.45) is 0. The molecule has 0 saturated heterocycles. The maximum absolute atomic E-state index is 4.57. The molecule has 0 spiro atoms. The van der Waals surface area contributed by atoms with Gasteiger partial charge < -0.3 is 9.88 Å². The van der Waals surface area contributed by atoms with Crippen molar-refractivity contribution in [2.45, 2.75) is 40.3 Å². The van der Waals surface area contributed by atoms with E-state index < -0.39 is 0 Å². The molecule has 0 aliphatic carbocycles. The van der Waals surface area contributed by atoms with Gasteiger partial charge >= 0.3 is 0 Å². The fourth-order valence-corrected chi connectivity index (χ4v) is 1.99. The minimum absolute atomic E-state index is 0.533. The molecular formula is C15H23N3. The van der Waals surface area contributed by atoms with Gasteiger partial charge in [-0.1, -0.05) is 19.9 Å². The molecule has 2 rings (SSSR count). The zero-order chi connectivity index (χ0) is 13.3. The monoisotopic (exact) mass is 245 g/mol. The van der Waals surface area contributed by atoms with Crippen molar-refractivity contribution in [2.24, 2.45) is 13.0 Å². The zero-order valence-corrected chi connectivity index (χ0v) is 12.0. The molecule has 0 amide bonds. The number of fused-ring (bicyclic) bond motifs is 1. The van der Waals surface area contributed by atoms with Crippen LogP contribution in [0.15, 0.2) is 18.2 Å². The van der Waals surface area contributed by atoms with Crippen LogP contribution in [-0.2, 0) is 13.6 Å². The number of hydrogen-bond donors (Lipinski definition) is 1. The van der Waals surface area contributed by atoms with E-state index in [0.717, 1.165) is 17.9 Å². The van der Waals surface area contributed by atoms with Crippen molar-refractivity contribution in [3.05, 3.63) is 29.6 Å². The Morgan fingerprint density at radius 1 is 1.28 bits per heavy atom. The van der Waals surface area contributed by atoms with Crippen LogP contribution < -0.4 is 5.32 Å². The van der Waals surface area contributed by atoms with E-state index in [1.807, 2.05) is 6.92 Å². The van der Waals surface area contributed by atoms with Crippen LogP contribution in [0.4, 0.5) is 0 Å². The van der Waals surface area contributed by atoms with E-state index in [9.17, 15) is 0 Å². The van der Waals surface area contributed by atoms with E-state index >= 15 is 0 Å². The summed E-state index contributed by atoms with van der Waals surface area (Å²) in [4.78, 5) is 4.57. The summed E-state index contributed by atoms with van der Waals surface area (Å²) >= 11 is 0. The number of benzene rings is 1. The lowest BCUT2D eigenvalue weighted by Crippen LogP contribution is -2.30. The summed E-state index contributed by atoms with van der Waals surface area (Å²) in [5, 5.41) is 3.55. The first-order valence-corrected chi connectivity index (χ1v) is 6.64. The lowest BCUT2D eigenvalue weighted by Gasteiger charge is -2.17. The largest absolute Gasteiger partial charge is 0.331 e. The average molecular weight is 245 g/mol. The molecule has 98 valence electrons. The molecule has 0 fully saturated rings. The highest BCUT2D eigenvalue weighted by atomic mass is 15.0. The van der Waals surface area contributed by atoms with E-state index in [2.05, 4.69) is 60.9 Å². The van der Waals surface area contributed by atoms with Gasteiger partial charge in [0.1, 0.15) is 5.82 Å². The number of hydrogen-bond acceptors (Lipinski definition) is 2. The van der Waals surface area contributed by atoms with Crippen molar-refractivity contribution in [3.8, 4) is 0 Å². The van der Waals surface area contributed by atoms with Crippen LogP contribution in [0.2, 0.25) is 0 Å². The molecule has 0 bridgehead atoms. The van der Waals surface area contributed by atoms with Crippen LogP contribution in [0, 0.1) is 12.8 Å². The maximum Gasteiger partial charge on any atom is 0.106 e. The van der Waals surface area contributed by atoms with E-state index in [0.29, 0.717) is 12.0 Å². The van der Waals surface area contributed by atoms with Crippen molar-refractivity contribution in [1.82, 2.24) is 14.9 Å². The topological polar surface area (TPSA) is 29.9 Å². The van der Waals surface area contributed by atoms with E-state index in [4.69, 9.17) is 0 Å². The van der Waals surface area contributed by atoms with Gasteiger partial charge in [0.05, 0.1) is 11.0 Å². The second-order valence-electron chi connectivity index (χ2n) is 5.45. The van der Waals surface area contributed by atoms with Gasteiger partial charge in [0.25, 0.3) is 0 Å². The summed E-state index contributed by atoms with van der Waals surface area (Å²) in [5.41, 5.74) is 3.59. The molecule has 0 radical (unpaired) electrons. The molecule has 1 aromatic carbocycles. The van der Waals surface area contributed by atoms with Crippen LogP contribution in [0.1, 0.15) is 32.2 Å². The predicted octanol–water partition coefficient (Wildman–Crippen LogP) is 3.02. The zero-order valence-electron chi connectivity index (χ0n) is 12.0. The minimum Gasteiger partial charge on any atom is -0.331 e. The van der Waals surface area contributed by atoms with Crippen molar-refractivity contribution in [3.63, 3.8) is 0 Å². The summed E-state index contributed by atoms with van der Waals surface area (Å²) in [7, 11) is 2.06. The third kappa shape index (κ3) is 2.56. The second kappa shape index (κ2) is 5.11. The van der Waals surface area contributed by atoms with Crippen molar-refractivity contribution < 1.29 is 0 Å². The number of aryl methyl sites for hydroxylation is 2. The maximum atomic E-state index is 4.57. The SMILES string of the molecule is Cc1nc2cc(CN[C@H](C)C(C)C)ccc2n1C. The van der Waals surface area contributed by atoms with Crippen LogP contribution in [-0.4, -0.2) is 15.6 Å². The lowest BCUT2D eigenvalue weighted by atomic mass is 10.1. The van der Waals surface area contributed by atoms with Crippen LogP contribution >= 0.6 is 0 Å². The molecule has 0 saturated carbocycles. The van der Waals surface area contributed by atoms with Gasteiger partial charge in [-0.2, -0.15) is 0 Å². The smallest absolute Gasteiger partial charge is 0.106 e. The van der Waals surface area contributed by atoms with Crippen molar-refractivity contribution in [2.75, 3.05) is 0 Å². The summed E-state index contributed by atoms with van der Waals surface area (Å²) in [6, 6.07) is 7.06. The molecule has 3 nitrogen and oxygen atoms in total. The molecule has 2 aromatic rings. The molecular weight excluding hydrogens is 222 g/mol. The number of nitrogens with zero attached hydrogens (tertiary/aromatic N) is 2. The van der Waals surface area contributed by atoms with Gasteiger partial charge in [0.2, 0.25) is 0 Å².